The summed E-state index contributed by atoms with van der Waals surface area (Å²) in [7, 11) is 0. The van der Waals surface area contributed by atoms with Crippen LogP contribution in [0.2, 0.25) is 10.0 Å². The summed E-state index contributed by atoms with van der Waals surface area (Å²) >= 11 is 12.4. The minimum Gasteiger partial charge on any atom is -0.349 e. The lowest BCUT2D eigenvalue weighted by Crippen LogP contribution is -2.34. The second-order valence-corrected chi connectivity index (χ2v) is 6.93. The zero-order valence-corrected chi connectivity index (χ0v) is 15.2. The number of anilines is 1. The highest BCUT2D eigenvalue weighted by Gasteiger charge is 2.37. The fourth-order valence-electron chi connectivity index (χ4n) is 3.00. The first kappa shape index (κ1) is 17.8. The van der Waals surface area contributed by atoms with E-state index in [0.717, 1.165) is 5.56 Å². The monoisotopic (exact) mass is 376 g/mol. The maximum Gasteiger partial charge on any atom is 0.227 e. The summed E-state index contributed by atoms with van der Waals surface area (Å²) in [6.07, 6.45) is 0.148. The van der Waals surface area contributed by atoms with Gasteiger partial charge in [0.1, 0.15) is 0 Å². The average Bonchev–Trinajstić information content (AvgIpc) is 2.97. The third-order valence-electron chi connectivity index (χ3n) is 4.36. The number of halogens is 2. The Kier molecular flexibility index (Phi) is 5.30. The molecule has 0 saturated carbocycles. The predicted octanol–water partition coefficient (Wildman–Crippen LogP) is 4.22. The van der Waals surface area contributed by atoms with Gasteiger partial charge in [0.15, 0.2) is 0 Å². The van der Waals surface area contributed by atoms with Crippen molar-refractivity contribution in [1.82, 2.24) is 5.32 Å². The van der Waals surface area contributed by atoms with Gasteiger partial charge in [-0.05, 0) is 24.6 Å². The van der Waals surface area contributed by atoms with Crippen LogP contribution in [0.25, 0.3) is 0 Å². The zero-order chi connectivity index (χ0) is 18.0. The summed E-state index contributed by atoms with van der Waals surface area (Å²) in [5.41, 5.74) is 1.49. The Morgan fingerprint density at radius 3 is 2.40 bits per heavy atom. The molecule has 25 heavy (non-hydrogen) atoms. The summed E-state index contributed by atoms with van der Waals surface area (Å²) in [6.45, 7) is 2.20. The molecule has 0 bridgehead atoms. The van der Waals surface area contributed by atoms with Crippen molar-refractivity contribution in [3.05, 3.63) is 64.1 Å². The molecule has 2 atom stereocenters. The van der Waals surface area contributed by atoms with Gasteiger partial charge in [0.25, 0.3) is 0 Å². The molecule has 0 spiro atoms. The van der Waals surface area contributed by atoms with E-state index < -0.39 is 5.92 Å². The van der Waals surface area contributed by atoms with Crippen molar-refractivity contribution in [3.8, 4) is 0 Å². The van der Waals surface area contributed by atoms with Gasteiger partial charge in [-0.25, -0.2) is 0 Å². The molecule has 3 rings (SSSR count). The molecule has 130 valence electrons. The quantitative estimate of drug-likeness (QED) is 0.867. The van der Waals surface area contributed by atoms with Crippen molar-refractivity contribution in [2.24, 2.45) is 5.92 Å². The van der Waals surface area contributed by atoms with Crippen LogP contribution in [0.5, 0.6) is 0 Å². The number of carbonyl (C=O) groups is 2. The SMILES string of the molecule is CC(NC(=O)C1CC(=O)N(c2c(Cl)cccc2Cl)C1)c1ccccc1. The summed E-state index contributed by atoms with van der Waals surface area (Å²) in [5.74, 6) is -0.719. The Balaban J connectivity index is 1.71. The number of amides is 2. The van der Waals surface area contributed by atoms with Crippen LogP contribution in [0.4, 0.5) is 5.69 Å². The van der Waals surface area contributed by atoms with E-state index in [1.54, 1.807) is 18.2 Å². The highest BCUT2D eigenvalue weighted by Crippen LogP contribution is 2.37. The molecule has 1 saturated heterocycles. The Bertz CT molecular complexity index is 775. The van der Waals surface area contributed by atoms with Crippen molar-refractivity contribution in [1.29, 1.82) is 0 Å². The Morgan fingerprint density at radius 1 is 1.12 bits per heavy atom. The third kappa shape index (κ3) is 3.80. The topological polar surface area (TPSA) is 49.4 Å². The molecular formula is C19H18Cl2N2O2. The smallest absolute Gasteiger partial charge is 0.227 e. The number of carbonyl (C=O) groups excluding carboxylic acids is 2. The fraction of sp³-hybridized carbons (Fsp3) is 0.263. The second kappa shape index (κ2) is 7.46. The maximum atomic E-state index is 12.6. The van der Waals surface area contributed by atoms with Crippen molar-refractivity contribution < 1.29 is 9.59 Å². The van der Waals surface area contributed by atoms with Crippen LogP contribution in [0.1, 0.15) is 24.9 Å². The predicted molar refractivity (Wildman–Crippen MR) is 99.9 cm³/mol. The highest BCUT2D eigenvalue weighted by atomic mass is 35.5. The molecule has 1 fully saturated rings. The van der Waals surface area contributed by atoms with Gasteiger partial charge in [0.2, 0.25) is 11.8 Å². The van der Waals surface area contributed by atoms with E-state index in [1.165, 1.54) is 4.90 Å². The molecule has 6 heteroatoms. The molecule has 4 nitrogen and oxygen atoms in total. The van der Waals surface area contributed by atoms with E-state index in [2.05, 4.69) is 5.32 Å². The van der Waals surface area contributed by atoms with Gasteiger partial charge in [-0.2, -0.15) is 0 Å². The first-order chi connectivity index (χ1) is 12.0. The first-order valence-corrected chi connectivity index (χ1v) is 8.82. The van der Waals surface area contributed by atoms with E-state index >= 15 is 0 Å². The lowest BCUT2D eigenvalue weighted by Gasteiger charge is -2.20. The molecule has 0 aromatic heterocycles. The van der Waals surface area contributed by atoms with Crippen molar-refractivity contribution in [2.75, 3.05) is 11.4 Å². The summed E-state index contributed by atoms with van der Waals surface area (Å²) < 4.78 is 0. The highest BCUT2D eigenvalue weighted by molar-refractivity contribution is 6.40. The largest absolute Gasteiger partial charge is 0.349 e. The lowest BCUT2D eigenvalue weighted by atomic mass is 10.1. The molecule has 0 aliphatic carbocycles. The molecule has 2 aromatic carbocycles. The molecule has 1 aliphatic rings. The van der Waals surface area contributed by atoms with E-state index in [9.17, 15) is 9.59 Å². The van der Waals surface area contributed by atoms with E-state index in [1.807, 2.05) is 37.3 Å². The molecular weight excluding hydrogens is 359 g/mol. The van der Waals surface area contributed by atoms with E-state index in [-0.39, 0.29) is 30.8 Å². The molecule has 2 aromatic rings. The van der Waals surface area contributed by atoms with Crippen LogP contribution >= 0.6 is 23.2 Å². The summed E-state index contributed by atoms with van der Waals surface area (Å²) in [6, 6.07) is 14.7. The summed E-state index contributed by atoms with van der Waals surface area (Å²) in [5, 5.41) is 3.78. The van der Waals surface area contributed by atoms with Gasteiger partial charge in [-0.1, -0.05) is 59.6 Å². The van der Waals surface area contributed by atoms with Gasteiger partial charge in [0.05, 0.1) is 27.7 Å². The maximum absolute atomic E-state index is 12.6. The van der Waals surface area contributed by atoms with Crippen LogP contribution < -0.4 is 10.2 Å². The standard InChI is InChI=1S/C19H18Cl2N2O2/c1-12(13-6-3-2-4-7-13)22-19(25)14-10-17(24)23(11-14)18-15(20)8-5-9-16(18)21/h2-9,12,14H,10-11H2,1H3,(H,22,25). The van der Waals surface area contributed by atoms with Crippen LogP contribution in [-0.2, 0) is 9.59 Å². The Labute approximate surface area is 156 Å². The van der Waals surface area contributed by atoms with Crippen molar-refractivity contribution in [3.63, 3.8) is 0 Å². The lowest BCUT2D eigenvalue weighted by molar-refractivity contribution is -0.126. The molecule has 1 N–H and O–H groups in total. The molecule has 0 radical (unpaired) electrons. The van der Waals surface area contributed by atoms with E-state index in [4.69, 9.17) is 23.2 Å². The van der Waals surface area contributed by atoms with Crippen LogP contribution in [-0.4, -0.2) is 18.4 Å². The minimum absolute atomic E-state index is 0.123. The van der Waals surface area contributed by atoms with Crippen molar-refractivity contribution >= 4 is 40.7 Å². The molecule has 1 heterocycles. The number of rotatable bonds is 4. The minimum atomic E-state index is -0.425. The number of hydrogen-bond donors (Lipinski definition) is 1. The number of nitrogens with zero attached hydrogens (tertiary/aromatic N) is 1. The third-order valence-corrected chi connectivity index (χ3v) is 4.97. The first-order valence-electron chi connectivity index (χ1n) is 8.07. The van der Waals surface area contributed by atoms with Gasteiger partial charge >= 0.3 is 0 Å². The fourth-order valence-corrected chi connectivity index (χ4v) is 3.60. The number of nitrogens with one attached hydrogen (secondary N) is 1. The number of para-hydroxylation sites is 1. The molecule has 2 amide bonds. The van der Waals surface area contributed by atoms with Crippen LogP contribution in [0.3, 0.4) is 0 Å². The van der Waals surface area contributed by atoms with Gasteiger partial charge < -0.3 is 10.2 Å². The van der Waals surface area contributed by atoms with Gasteiger partial charge in [-0.15, -0.1) is 0 Å². The van der Waals surface area contributed by atoms with Crippen LogP contribution in [0, 0.1) is 5.92 Å². The van der Waals surface area contributed by atoms with Crippen molar-refractivity contribution in [2.45, 2.75) is 19.4 Å². The molecule has 2 unspecified atom stereocenters. The Morgan fingerprint density at radius 2 is 1.76 bits per heavy atom. The van der Waals surface area contributed by atoms with Crippen LogP contribution in [0.15, 0.2) is 48.5 Å². The summed E-state index contributed by atoms with van der Waals surface area (Å²) in [4.78, 5) is 26.4. The second-order valence-electron chi connectivity index (χ2n) is 6.12. The molecule has 1 aliphatic heterocycles. The van der Waals surface area contributed by atoms with Gasteiger partial charge in [0, 0.05) is 13.0 Å². The zero-order valence-electron chi connectivity index (χ0n) is 13.7. The number of hydrogen-bond acceptors (Lipinski definition) is 2. The van der Waals surface area contributed by atoms with E-state index in [0.29, 0.717) is 15.7 Å². The normalized spacial score (nSPS) is 18.3. The number of benzene rings is 2. The van der Waals surface area contributed by atoms with Gasteiger partial charge in [-0.3, -0.25) is 9.59 Å². The Hall–Kier alpha value is -2.04. The average molecular weight is 377 g/mol.